The summed E-state index contributed by atoms with van der Waals surface area (Å²) in [4.78, 5) is 4.33. The van der Waals surface area contributed by atoms with E-state index in [-0.39, 0.29) is 29.4 Å². The minimum absolute atomic E-state index is 0. The number of aryl methyl sites for hydroxylation is 1. The summed E-state index contributed by atoms with van der Waals surface area (Å²) >= 11 is 0. The highest BCUT2D eigenvalue weighted by molar-refractivity contribution is 14.0. The molecule has 0 amide bonds. The molecule has 1 aromatic carbocycles. The molecule has 6 nitrogen and oxygen atoms in total. The summed E-state index contributed by atoms with van der Waals surface area (Å²) in [6, 6.07) is 16.5. The maximum atomic E-state index is 4.33. The van der Waals surface area contributed by atoms with Crippen LogP contribution >= 0.6 is 24.0 Å². The van der Waals surface area contributed by atoms with Crippen molar-refractivity contribution in [2.24, 2.45) is 4.99 Å². The molecule has 2 N–H and O–H groups in total. The molecule has 150 valence electrons. The van der Waals surface area contributed by atoms with Gasteiger partial charge < -0.3 is 10.6 Å². The van der Waals surface area contributed by atoms with E-state index in [1.807, 2.05) is 34.9 Å². The average Bonchev–Trinajstić information content (AvgIpc) is 3.11. The summed E-state index contributed by atoms with van der Waals surface area (Å²) in [6.07, 6.45) is 3.83. The quantitative estimate of drug-likeness (QED) is 0.230. The molecule has 0 saturated carbocycles. The molecule has 0 fully saturated rings. The van der Waals surface area contributed by atoms with Gasteiger partial charge in [0.1, 0.15) is 5.82 Å². The molecule has 0 aliphatic carbocycles. The monoisotopic (exact) mass is 492 g/mol. The van der Waals surface area contributed by atoms with Crippen LogP contribution in [-0.2, 0) is 11.8 Å². The molecule has 3 rings (SSSR count). The van der Waals surface area contributed by atoms with Gasteiger partial charge in [-0.3, -0.25) is 9.39 Å². The van der Waals surface area contributed by atoms with Crippen molar-refractivity contribution in [3.8, 4) is 0 Å². The van der Waals surface area contributed by atoms with Crippen LogP contribution in [0.1, 0.15) is 31.7 Å². The molecule has 3 aromatic rings. The van der Waals surface area contributed by atoms with Gasteiger partial charge in [-0.05, 0) is 24.1 Å². The van der Waals surface area contributed by atoms with Crippen LogP contribution in [0, 0.1) is 0 Å². The number of aromatic nitrogens is 3. The molecule has 2 heterocycles. The van der Waals surface area contributed by atoms with Gasteiger partial charge >= 0.3 is 0 Å². The van der Waals surface area contributed by atoms with Crippen LogP contribution in [0.3, 0.4) is 0 Å². The molecule has 28 heavy (non-hydrogen) atoms. The first-order valence-corrected chi connectivity index (χ1v) is 9.39. The third-order valence-electron chi connectivity index (χ3n) is 4.73. The zero-order valence-corrected chi connectivity index (χ0v) is 19.1. The molecule has 0 aliphatic rings. The summed E-state index contributed by atoms with van der Waals surface area (Å²) in [5, 5.41) is 15.3. The highest BCUT2D eigenvalue weighted by Gasteiger charge is 2.20. The molecule has 0 atom stereocenters. The number of benzene rings is 1. The summed E-state index contributed by atoms with van der Waals surface area (Å²) in [7, 11) is 1.80. The fraction of sp³-hybridized carbons (Fsp3) is 0.381. The van der Waals surface area contributed by atoms with E-state index in [1.54, 1.807) is 7.05 Å². The average molecular weight is 492 g/mol. The number of aliphatic imine (C=N–C) groups is 1. The SMILES string of the molecule is CN=C(NCCCc1nnc2ccccn12)NCC(C)(C)c1ccccc1.I. The predicted molar refractivity (Wildman–Crippen MR) is 126 cm³/mol. The van der Waals surface area contributed by atoms with E-state index in [0.29, 0.717) is 0 Å². The number of fused-ring (bicyclic) bond motifs is 1. The van der Waals surface area contributed by atoms with Crippen LogP contribution < -0.4 is 10.6 Å². The Hall–Kier alpha value is -2.16. The Morgan fingerprint density at radius 2 is 1.79 bits per heavy atom. The van der Waals surface area contributed by atoms with Gasteiger partial charge in [-0.1, -0.05) is 50.2 Å². The normalized spacial score (nSPS) is 11.9. The summed E-state index contributed by atoms with van der Waals surface area (Å²) in [6.45, 7) is 6.11. The van der Waals surface area contributed by atoms with Gasteiger partial charge in [0, 0.05) is 38.2 Å². The second-order valence-electron chi connectivity index (χ2n) is 7.25. The third-order valence-corrected chi connectivity index (χ3v) is 4.73. The lowest BCUT2D eigenvalue weighted by atomic mass is 9.85. The fourth-order valence-corrected chi connectivity index (χ4v) is 3.03. The second kappa shape index (κ2) is 10.4. The Bertz CT molecular complexity index is 888. The molecular formula is C21H29IN6. The van der Waals surface area contributed by atoms with Crippen molar-refractivity contribution >= 4 is 35.6 Å². The van der Waals surface area contributed by atoms with Gasteiger partial charge in [0.15, 0.2) is 11.6 Å². The van der Waals surface area contributed by atoms with E-state index in [0.717, 1.165) is 43.4 Å². The zero-order chi connectivity index (χ0) is 19.1. The van der Waals surface area contributed by atoms with E-state index in [1.165, 1.54) is 5.56 Å². The number of guanidine groups is 1. The molecule has 0 aliphatic heterocycles. The van der Waals surface area contributed by atoms with Gasteiger partial charge in [0.05, 0.1) is 0 Å². The summed E-state index contributed by atoms with van der Waals surface area (Å²) in [5.41, 5.74) is 2.23. The van der Waals surface area contributed by atoms with Crippen LogP contribution in [0.15, 0.2) is 59.7 Å². The van der Waals surface area contributed by atoms with Crippen molar-refractivity contribution in [1.82, 2.24) is 25.2 Å². The smallest absolute Gasteiger partial charge is 0.191 e. The van der Waals surface area contributed by atoms with Crippen molar-refractivity contribution < 1.29 is 0 Å². The van der Waals surface area contributed by atoms with Crippen molar-refractivity contribution in [2.45, 2.75) is 32.1 Å². The molecule has 0 unspecified atom stereocenters. The van der Waals surface area contributed by atoms with Gasteiger partial charge in [-0.25, -0.2) is 0 Å². The lowest BCUT2D eigenvalue weighted by Crippen LogP contribution is -2.43. The highest BCUT2D eigenvalue weighted by Crippen LogP contribution is 2.21. The van der Waals surface area contributed by atoms with Crippen molar-refractivity contribution in [3.63, 3.8) is 0 Å². The van der Waals surface area contributed by atoms with Gasteiger partial charge in [-0.2, -0.15) is 0 Å². The number of nitrogens with one attached hydrogen (secondary N) is 2. The van der Waals surface area contributed by atoms with Crippen molar-refractivity contribution in [3.05, 3.63) is 66.1 Å². The largest absolute Gasteiger partial charge is 0.356 e. The van der Waals surface area contributed by atoms with Crippen LogP contribution in [-0.4, -0.2) is 40.7 Å². The number of nitrogens with zero attached hydrogens (tertiary/aromatic N) is 4. The first kappa shape index (κ1) is 22.1. The minimum Gasteiger partial charge on any atom is -0.356 e. The van der Waals surface area contributed by atoms with Crippen molar-refractivity contribution in [2.75, 3.05) is 20.1 Å². The lowest BCUT2D eigenvalue weighted by Gasteiger charge is -2.26. The first-order chi connectivity index (χ1) is 13.1. The van der Waals surface area contributed by atoms with E-state index in [9.17, 15) is 0 Å². The maximum absolute atomic E-state index is 4.33. The Morgan fingerprint density at radius 3 is 2.54 bits per heavy atom. The Balaban J connectivity index is 0.00000280. The van der Waals surface area contributed by atoms with E-state index in [2.05, 4.69) is 63.9 Å². The standard InChI is InChI=1S/C21H28N6.HI/c1-21(2,17-10-5-4-6-11-17)16-24-20(22-3)23-14-9-13-19-26-25-18-12-7-8-15-27(18)19;/h4-8,10-12,15H,9,13-14,16H2,1-3H3,(H2,22,23,24);1H. The highest BCUT2D eigenvalue weighted by atomic mass is 127. The van der Waals surface area contributed by atoms with E-state index < -0.39 is 0 Å². The number of hydrogen-bond acceptors (Lipinski definition) is 3. The molecule has 0 saturated heterocycles. The van der Waals surface area contributed by atoms with Crippen LogP contribution in [0.2, 0.25) is 0 Å². The fourth-order valence-electron chi connectivity index (χ4n) is 3.03. The first-order valence-electron chi connectivity index (χ1n) is 9.39. The van der Waals surface area contributed by atoms with Crippen LogP contribution in [0.25, 0.3) is 5.65 Å². The van der Waals surface area contributed by atoms with Gasteiger partial charge in [-0.15, -0.1) is 34.2 Å². The molecular weight excluding hydrogens is 463 g/mol. The predicted octanol–water partition coefficient (Wildman–Crippen LogP) is 3.42. The minimum atomic E-state index is 0. The van der Waals surface area contributed by atoms with Gasteiger partial charge in [0.25, 0.3) is 0 Å². The maximum Gasteiger partial charge on any atom is 0.191 e. The molecule has 7 heteroatoms. The number of rotatable bonds is 7. The topological polar surface area (TPSA) is 66.6 Å². The van der Waals surface area contributed by atoms with E-state index in [4.69, 9.17) is 0 Å². The Kier molecular flexibility index (Phi) is 8.22. The number of pyridine rings is 1. The van der Waals surface area contributed by atoms with Gasteiger partial charge in [0.2, 0.25) is 0 Å². The van der Waals surface area contributed by atoms with Crippen molar-refractivity contribution in [1.29, 1.82) is 0 Å². The molecule has 2 aromatic heterocycles. The summed E-state index contributed by atoms with van der Waals surface area (Å²) < 4.78 is 2.04. The Labute approximate surface area is 183 Å². The Morgan fingerprint density at radius 1 is 1.04 bits per heavy atom. The zero-order valence-electron chi connectivity index (χ0n) is 16.7. The number of hydrogen-bond donors (Lipinski definition) is 2. The van der Waals surface area contributed by atoms with Crippen LogP contribution in [0.4, 0.5) is 0 Å². The summed E-state index contributed by atoms with van der Waals surface area (Å²) in [5.74, 6) is 1.81. The van der Waals surface area contributed by atoms with Crippen LogP contribution in [0.5, 0.6) is 0 Å². The van der Waals surface area contributed by atoms with E-state index >= 15 is 0 Å². The number of halogens is 1. The molecule has 0 radical (unpaired) electrons. The molecule has 0 bridgehead atoms. The second-order valence-corrected chi connectivity index (χ2v) is 7.25. The molecule has 0 spiro atoms. The third kappa shape index (κ3) is 5.67. The lowest BCUT2D eigenvalue weighted by molar-refractivity contribution is 0.508.